The lowest BCUT2D eigenvalue weighted by Crippen LogP contribution is -2.41. The standard InChI is InChI=1S/C23H31BO3/c1-6-7-8-17-25-21-15-11-19(12-16-21)18-9-13-20(14-10-18)24-26-22(2,3)23(4,5)27-24/h9-16H,6-8,17H2,1-5H3. The van der Waals surface area contributed by atoms with E-state index >= 15 is 0 Å². The minimum atomic E-state index is -0.317. The molecule has 0 spiro atoms. The summed E-state index contributed by atoms with van der Waals surface area (Å²) in [5.41, 5.74) is 2.77. The quantitative estimate of drug-likeness (QED) is 0.497. The van der Waals surface area contributed by atoms with Crippen molar-refractivity contribution in [1.82, 2.24) is 0 Å². The van der Waals surface area contributed by atoms with Crippen LogP contribution in [0.1, 0.15) is 53.9 Å². The number of hydrogen-bond donors (Lipinski definition) is 0. The average molecular weight is 366 g/mol. The molecule has 0 aliphatic carbocycles. The summed E-state index contributed by atoms with van der Waals surface area (Å²) in [7, 11) is -0.317. The molecule has 0 amide bonds. The van der Waals surface area contributed by atoms with Gasteiger partial charge in [-0.05, 0) is 62.8 Å². The van der Waals surface area contributed by atoms with Crippen molar-refractivity contribution in [3.8, 4) is 16.9 Å². The zero-order chi connectivity index (χ0) is 19.5. The summed E-state index contributed by atoms with van der Waals surface area (Å²) in [5.74, 6) is 0.934. The molecule has 2 aromatic carbocycles. The van der Waals surface area contributed by atoms with Crippen molar-refractivity contribution in [2.24, 2.45) is 0 Å². The fourth-order valence-corrected chi connectivity index (χ4v) is 3.10. The van der Waals surface area contributed by atoms with Crippen LogP contribution in [0.25, 0.3) is 11.1 Å². The molecule has 0 aromatic heterocycles. The predicted octanol–water partition coefficient (Wildman–Crippen LogP) is 5.22. The minimum absolute atomic E-state index is 0.316. The van der Waals surface area contributed by atoms with E-state index in [1.807, 2.05) is 12.1 Å². The van der Waals surface area contributed by atoms with Crippen LogP contribution in [0.15, 0.2) is 48.5 Å². The Kier molecular flexibility index (Phi) is 5.97. The molecule has 0 N–H and O–H groups in total. The molecule has 4 heteroatoms. The van der Waals surface area contributed by atoms with Crippen molar-refractivity contribution < 1.29 is 14.0 Å². The Morgan fingerprint density at radius 2 is 1.30 bits per heavy atom. The van der Waals surface area contributed by atoms with Gasteiger partial charge in [-0.3, -0.25) is 0 Å². The van der Waals surface area contributed by atoms with E-state index in [0.717, 1.165) is 24.2 Å². The molecule has 3 nitrogen and oxygen atoms in total. The predicted molar refractivity (Wildman–Crippen MR) is 113 cm³/mol. The van der Waals surface area contributed by atoms with Crippen LogP contribution in [-0.4, -0.2) is 24.9 Å². The average Bonchev–Trinajstić information content (AvgIpc) is 2.87. The van der Waals surface area contributed by atoms with Gasteiger partial charge in [-0.25, -0.2) is 0 Å². The van der Waals surface area contributed by atoms with Crippen LogP contribution in [0.2, 0.25) is 0 Å². The highest BCUT2D eigenvalue weighted by atomic mass is 16.7. The Morgan fingerprint density at radius 3 is 1.81 bits per heavy atom. The van der Waals surface area contributed by atoms with Gasteiger partial charge in [-0.15, -0.1) is 0 Å². The van der Waals surface area contributed by atoms with E-state index in [1.54, 1.807) is 0 Å². The maximum Gasteiger partial charge on any atom is 0.494 e. The highest BCUT2D eigenvalue weighted by Crippen LogP contribution is 2.36. The Labute approximate surface area is 164 Å². The number of rotatable bonds is 7. The van der Waals surface area contributed by atoms with Gasteiger partial charge in [-0.1, -0.05) is 56.2 Å². The Hall–Kier alpha value is -1.78. The van der Waals surface area contributed by atoms with Gasteiger partial charge in [-0.2, -0.15) is 0 Å². The van der Waals surface area contributed by atoms with Crippen molar-refractivity contribution in [2.75, 3.05) is 6.61 Å². The third-order valence-electron chi connectivity index (χ3n) is 5.64. The molecule has 0 radical (unpaired) electrons. The smallest absolute Gasteiger partial charge is 0.494 e. The van der Waals surface area contributed by atoms with Gasteiger partial charge in [0.05, 0.1) is 17.8 Å². The molecular weight excluding hydrogens is 335 g/mol. The molecule has 27 heavy (non-hydrogen) atoms. The van der Waals surface area contributed by atoms with Crippen LogP contribution in [-0.2, 0) is 9.31 Å². The first-order valence-electron chi connectivity index (χ1n) is 10.0. The third-order valence-corrected chi connectivity index (χ3v) is 5.64. The number of unbranched alkanes of at least 4 members (excludes halogenated alkanes) is 2. The summed E-state index contributed by atoms with van der Waals surface area (Å²) in [5, 5.41) is 0. The van der Waals surface area contributed by atoms with Crippen LogP contribution in [0.3, 0.4) is 0 Å². The van der Waals surface area contributed by atoms with Crippen LogP contribution in [0.4, 0.5) is 0 Å². The van der Waals surface area contributed by atoms with E-state index in [9.17, 15) is 0 Å². The lowest BCUT2D eigenvalue weighted by molar-refractivity contribution is 0.00578. The molecule has 1 aliphatic heterocycles. The maximum absolute atomic E-state index is 6.13. The first-order chi connectivity index (χ1) is 12.8. The molecule has 1 fully saturated rings. The van der Waals surface area contributed by atoms with Gasteiger partial charge in [0, 0.05) is 0 Å². The van der Waals surface area contributed by atoms with Gasteiger partial charge in [0.25, 0.3) is 0 Å². The Bertz CT molecular complexity index is 719. The fraction of sp³-hybridized carbons (Fsp3) is 0.478. The van der Waals surface area contributed by atoms with Crippen molar-refractivity contribution >= 4 is 12.6 Å². The number of benzene rings is 2. The topological polar surface area (TPSA) is 27.7 Å². The summed E-state index contributed by atoms with van der Waals surface area (Å²) < 4.78 is 18.0. The van der Waals surface area contributed by atoms with Crippen molar-refractivity contribution in [2.45, 2.75) is 65.1 Å². The first kappa shape index (κ1) is 20.0. The molecule has 1 saturated heterocycles. The molecule has 2 aromatic rings. The summed E-state index contributed by atoms with van der Waals surface area (Å²) in [4.78, 5) is 0. The molecule has 0 atom stereocenters. The normalized spacial score (nSPS) is 17.9. The van der Waals surface area contributed by atoms with Crippen LogP contribution >= 0.6 is 0 Å². The van der Waals surface area contributed by atoms with E-state index in [0.29, 0.717) is 0 Å². The summed E-state index contributed by atoms with van der Waals surface area (Å²) >= 11 is 0. The van der Waals surface area contributed by atoms with Crippen LogP contribution in [0.5, 0.6) is 5.75 Å². The van der Waals surface area contributed by atoms with Gasteiger partial charge >= 0.3 is 7.12 Å². The molecule has 3 rings (SSSR count). The lowest BCUT2D eigenvalue weighted by atomic mass is 9.78. The maximum atomic E-state index is 6.13. The largest absolute Gasteiger partial charge is 0.494 e. The van der Waals surface area contributed by atoms with Crippen molar-refractivity contribution in [3.05, 3.63) is 48.5 Å². The monoisotopic (exact) mass is 366 g/mol. The van der Waals surface area contributed by atoms with E-state index in [1.165, 1.54) is 24.0 Å². The SMILES string of the molecule is CCCCCOc1ccc(-c2ccc(B3OC(C)(C)C(C)(C)O3)cc2)cc1. The second-order valence-electron chi connectivity index (χ2n) is 8.29. The molecule has 0 unspecified atom stereocenters. The number of ether oxygens (including phenoxy) is 1. The third kappa shape index (κ3) is 4.56. The molecule has 144 valence electrons. The van der Waals surface area contributed by atoms with Crippen LogP contribution in [0, 0.1) is 0 Å². The highest BCUT2D eigenvalue weighted by Gasteiger charge is 2.51. The van der Waals surface area contributed by atoms with E-state index < -0.39 is 0 Å². The molecule has 0 saturated carbocycles. The lowest BCUT2D eigenvalue weighted by Gasteiger charge is -2.32. The Balaban J connectivity index is 1.64. The Morgan fingerprint density at radius 1 is 0.778 bits per heavy atom. The van der Waals surface area contributed by atoms with Gasteiger partial charge < -0.3 is 14.0 Å². The zero-order valence-corrected chi connectivity index (χ0v) is 17.2. The van der Waals surface area contributed by atoms with Gasteiger partial charge in [0.15, 0.2) is 0 Å². The van der Waals surface area contributed by atoms with E-state index in [-0.39, 0.29) is 18.3 Å². The van der Waals surface area contributed by atoms with E-state index in [4.69, 9.17) is 14.0 Å². The second-order valence-corrected chi connectivity index (χ2v) is 8.29. The minimum Gasteiger partial charge on any atom is -0.494 e. The van der Waals surface area contributed by atoms with Crippen molar-refractivity contribution in [3.63, 3.8) is 0 Å². The van der Waals surface area contributed by atoms with Crippen molar-refractivity contribution in [1.29, 1.82) is 0 Å². The zero-order valence-electron chi connectivity index (χ0n) is 17.2. The van der Waals surface area contributed by atoms with E-state index in [2.05, 4.69) is 71.0 Å². The second kappa shape index (κ2) is 8.08. The summed E-state index contributed by atoms with van der Waals surface area (Å²) in [6.07, 6.45) is 3.54. The highest BCUT2D eigenvalue weighted by molar-refractivity contribution is 6.62. The molecule has 1 heterocycles. The van der Waals surface area contributed by atoms with Gasteiger partial charge in [0.2, 0.25) is 0 Å². The number of hydrogen-bond acceptors (Lipinski definition) is 3. The van der Waals surface area contributed by atoms with Crippen LogP contribution < -0.4 is 10.2 Å². The molecule has 0 bridgehead atoms. The summed E-state index contributed by atoms with van der Waals surface area (Å²) in [6, 6.07) is 16.7. The summed E-state index contributed by atoms with van der Waals surface area (Å²) in [6.45, 7) is 11.3. The molecular formula is C23H31BO3. The molecule has 1 aliphatic rings. The first-order valence-corrected chi connectivity index (χ1v) is 10.0. The fourth-order valence-electron chi connectivity index (χ4n) is 3.10. The van der Waals surface area contributed by atoms with Gasteiger partial charge in [0.1, 0.15) is 5.75 Å².